The SMILES string of the molecule is Cc1c(N)c2ccccc2n1C(=O)c1ccc2c(ccn2C)c1. The highest BCUT2D eigenvalue weighted by Gasteiger charge is 2.18. The number of hydrogen-bond donors (Lipinski definition) is 1. The average molecular weight is 303 g/mol. The van der Waals surface area contributed by atoms with E-state index in [9.17, 15) is 4.79 Å². The maximum atomic E-state index is 13.0. The third-order valence-corrected chi connectivity index (χ3v) is 4.50. The Balaban J connectivity index is 1.92. The van der Waals surface area contributed by atoms with E-state index in [4.69, 9.17) is 5.73 Å². The van der Waals surface area contributed by atoms with Gasteiger partial charge in [0, 0.05) is 40.8 Å². The molecule has 0 aliphatic carbocycles. The van der Waals surface area contributed by atoms with E-state index >= 15 is 0 Å². The fraction of sp³-hybridized carbons (Fsp3) is 0.105. The number of hydrogen-bond acceptors (Lipinski definition) is 2. The van der Waals surface area contributed by atoms with Crippen molar-refractivity contribution in [3.8, 4) is 0 Å². The molecule has 23 heavy (non-hydrogen) atoms. The van der Waals surface area contributed by atoms with Crippen LogP contribution in [-0.2, 0) is 7.05 Å². The van der Waals surface area contributed by atoms with E-state index in [2.05, 4.69) is 0 Å². The molecule has 0 bridgehead atoms. The number of aryl methyl sites for hydroxylation is 1. The number of nitrogen functional groups attached to an aromatic ring is 1. The van der Waals surface area contributed by atoms with Crippen molar-refractivity contribution in [3.05, 3.63) is 66.0 Å². The number of anilines is 1. The van der Waals surface area contributed by atoms with E-state index in [0.717, 1.165) is 27.5 Å². The molecule has 4 nitrogen and oxygen atoms in total. The minimum Gasteiger partial charge on any atom is -0.397 e. The lowest BCUT2D eigenvalue weighted by atomic mass is 10.1. The molecule has 0 amide bonds. The minimum absolute atomic E-state index is 0.0545. The van der Waals surface area contributed by atoms with E-state index in [-0.39, 0.29) is 5.91 Å². The molecule has 4 rings (SSSR count). The third-order valence-electron chi connectivity index (χ3n) is 4.50. The van der Waals surface area contributed by atoms with Gasteiger partial charge in [-0.3, -0.25) is 9.36 Å². The molecule has 2 N–H and O–H groups in total. The summed E-state index contributed by atoms with van der Waals surface area (Å²) in [5.41, 5.74) is 10.2. The van der Waals surface area contributed by atoms with Crippen LogP contribution in [-0.4, -0.2) is 15.0 Å². The number of fused-ring (bicyclic) bond motifs is 2. The first-order chi connectivity index (χ1) is 11.1. The Hall–Kier alpha value is -3.01. The van der Waals surface area contributed by atoms with Crippen molar-refractivity contribution in [2.24, 2.45) is 7.05 Å². The summed E-state index contributed by atoms with van der Waals surface area (Å²) < 4.78 is 3.74. The molecule has 4 heteroatoms. The number of para-hydroxylation sites is 1. The van der Waals surface area contributed by atoms with Crippen LogP contribution in [0.1, 0.15) is 16.1 Å². The lowest BCUT2D eigenvalue weighted by molar-refractivity contribution is 0.0963. The van der Waals surface area contributed by atoms with Gasteiger partial charge in [0.2, 0.25) is 0 Å². The van der Waals surface area contributed by atoms with Crippen LogP contribution in [0.2, 0.25) is 0 Å². The Morgan fingerprint density at radius 1 is 1.04 bits per heavy atom. The van der Waals surface area contributed by atoms with Gasteiger partial charge in [-0.2, -0.15) is 0 Å². The highest BCUT2D eigenvalue weighted by atomic mass is 16.2. The van der Waals surface area contributed by atoms with Crippen LogP contribution < -0.4 is 5.73 Å². The van der Waals surface area contributed by atoms with E-state index < -0.39 is 0 Å². The Morgan fingerprint density at radius 3 is 2.65 bits per heavy atom. The predicted octanol–water partition coefficient (Wildman–Crippen LogP) is 3.71. The quantitative estimate of drug-likeness (QED) is 0.583. The van der Waals surface area contributed by atoms with Gasteiger partial charge in [-0.1, -0.05) is 18.2 Å². The van der Waals surface area contributed by atoms with Gasteiger partial charge in [0.15, 0.2) is 0 Å². The zero-order valence-corrected chi connectivity index (χ0v) is 13.1. The summed E-state index contributed by atoms with van der Waals surface area (Å²) in [7, 11) is 1.99. The molecule has 2 aromatic heterocycles. The van der Waals surface area contributed by atoms with E-state index in [0.29, 0.717) is 11.3 Å². The molecular formula is C19H17N3O. The summed E-state index contributed by atoms with van der Waals surface area (Å²) >= 11 is 0. The summed E-state index contributed by atoms with van der Waals surface area (Å²) in [5.74, 6) is -0.0545. The molecule has 2 aromatic carbocycles. The van der Waals surface area contributed by atoms with Crippen LogP contribution in [0.3, 0.4) is 0 Å². The molecule has 0 radical (unpaired) electrons. The molecule has 0 saturated carbocycles. The summed E-state index contributed by atoms with van der Waals surface area (Å²) in [6.45, 7) is 1.88. The van der Waals surface area contributed by atoms with Gasteiger partial charge >= 0.3 is 0 Å². The number of aromatic nitrogens is 2. The summed E-state index contributed by atoms with van der Waals surface area (Å²) in [4.78, 5) is 13.0. The first-order valence-corrected chi connectivity index (χ1v) is 7.53. The van der Waals surface area contributed by atoms with Gasteiger partial charge in [0.05, 0.1) is 11.2 Å². The predicted molar refractivity (Wildman–Crippen MR) is 93.7 cm³/mol. The zero-order valence-electron chi connectivity index (χ0n) is 13.1. The highest BCUT2D eigenvalue weighted by molar-refractivity contribution is 6.08. The lowest BCUT2D eigenvalue weighted by Gasteiger charge is -2.07. The summed E-state index contributed by atoms with van der Waals surface area (Å²) in [5, 5.41) is 1.97. The van der Waals surface area contributed by atoms with Crippen molar-refractivity contribution in [3.63, 3.8) is 0 Å². The third kappa shape index (κ3) is 1.88. The second kappa shape index (κ2) is 4.74. The number of nitrogens with zero attached hydrogens (tertiary/aromatic N) is 2. The Labute approximate surface area is 133 Å². The van der Waals surface area contributed by atoms with Gasteiger partial charge in [-0.25, -0.2) is 0 Å². The Bertz CT molecular complexity index is 1070. The molecule has 0 atom stereocenters. The zero-order chi connectivity index (χ0) is 16.1. The number of carbonyl (C=O) groups is 1. The molecule has 0 aliphatic rings. The minimum atomic E-state index is -0.0545. The first kappa shape index (κ1) is 13.6. The van der Waals surface area contributed by atoms with Crippen LogP contribution in [0.4, 0.5) is 5.69 Å². The highest BCUT2D eigenvalue weighted by Crippen LogP contribution is 2.29. The summed E-state index contributed by atoms with van der Waals surface area (Å²) in [6.07, 6.45) is 1.99. The van der Waals surface area contributed by atoms with E-state index in [1.807, 2.05) is 73.3 Å². The van der Waals surface area contributed by atoms with E-state index in [1.54, 1.807) is 4.57 Å². The van der Waals surface area contributed by atoms with Crippen LogP contribution in [0, 0.1) is 6.92 Å². The van der Waals surface area contributed by atoms with Crippen LogP contribution >= 0.6 is 0 Å². The van der Waals surface area contributed by atoms with Crippen molar-refractivity contribution in [2.75, 3.05) is 5.73 Å². The number of carbonyl (C=O) groups excluding carboxylic acids is 1. The lowest BCUT2D eigenvalue weighted by Crippen LogP contribution is -2.13. The number of benzene rings is 2. The molecule has 0 spiro atoms. The maximum Gasteiger partial charge on any atom is 0.262 e. The fourth-order valence-electron chi connectivity index (χ4n) is 3.20. The molecule has 114 valence electrons. The molecular weight excluding hydrogens is 286 g/mol. The normalized spacial score (nSPS) is 11.4. The smallest absolute Gasteiger partial charge is 0.262 e. The Morgan fingerprint density at radius 2 is 1.83 bits per heavy atom. The van der Waals surface area contributed by atoms with Gasteiger partial charge in [-0.05, 0) is 37.3 Å². The summed E-state index contributed by atoms with van der Waals surface area (Å²) in [6, 6.07) is 15.5. The van der Waals surface area contributed by atoms with Crippen LogP contribution in [0.15, 0.2) is 54.7 Å². The maximum absolute atomic E-state index is 13.0. The average Bonchev–Trinajstić information content (AvgIpc) is 3.06. The van der Waals surface area contributed by atoms with Crippen molar-refractivity contribution < 1.29 is 4.79 Å². The number of rotatable bonds is 1. The molecule has 2 heterocycles. The van der Waals surface area contributed by atoms with Gasteiger partial charge in [0.1, 0.15) is 0 Å². The first-order valence-electron chi connectivity index (χ1n) is 7.53. The molecule has 4 aromatic rings. The molecule has 0 fully saturated rings. The van der Waals surface area contributed by atoms with Gasteiger partial charge in [-0.15, -0.1) is 0 Å². The van der Waals surface area contributed by atoms with Crippen LogP contribution in [0.5, 0.6) is 0 Å². The van der Waals surface area contributed by atoms with Crippen molar-refractivity contribution in [1.29, 1.82) is 0 Å². The van der Waals surface area contributed by atoms with Crippen molar-refractivity contribution in [1.82, 2.24) is 9.13 Å². The van der Waals surface area contributed by atoms with Crippen molar-refractivity contribution in [2.45, 2.75) is 6.92 Å². The van der Waals surface area contributed by atoms with Crippen LogP contribution in [0.25, 0.3) is 21.8 Å². The molecule has 0 unspecified atom stereocenters. The largest absolute Gasteiger partial charge is 0.397 e. The van der Waals surface area contributed by atoms with E-state index in [1.165, 1.54) is 0 Å². The monoisotopic (exact) mass is 303 g/mol. The Kier molecular flexibility index (Phi) is 2.81. The second-order valence-corrected chi connectivity index (χ2v) is 5.86. The molecule has 0 saturated heterocycles. The van der Waals surface area contributed by atoms with Gasteiger partial charge in [0.25, 0.3) is 5.91 Å². The van der Waals surface area contributed by atoms with Gasteiger partial charge < -0.3 is 10.3 Å². The topological polar surface area (TPSA) is 52.9 Å². The number of nitrogens with two attached hydrogens (primary N) is 1. The standard InChI is InChI=1S/C19H17N3O/c1-12-18(20)15-5-3-4-6-17(15)22(12)19(23)14-7-8-16-13(11-14)9-10-21(16)2/h3-11H,20H2,1-2H3. The second-order valence-electron chi connectivity index (χ2n) is 5.86. The fourth-order valence-corrected chi connectivity index (χ4v) is 3.20. The molecule has 0 aliphatic heterocycles. The van der Waals surface area contributed by atoms with Crippen molar-refractivity contribution >= 4 is 33.4 Å².